The SMILES string of the molecule is [BH3-]C#N.[H-].[H-].[Mg+2].[Na+].[Na+].[O-][Cl+3]([O-])([O-])[O-]. The maximum atomic E-state index is 8.49. The molecule has 0 saturated heterocycles. The van der Waals surface area contributed by atoms with E-state index >= 15 is 0 Å². The summed E-state index contributed by atoms with van der Waals surface area (Å²) >= 11 is 0. The first-order valence-electron chi connectivity index (χ1n) is 0.841. The molecule has 52 valence electrons. The Labute approximate surface area is 131 Å². The predicted molar refractivity (Wildman–Crippen MR) is 23.5 cm³/mol. The van der Waals surface area contributed by atoms with E-state index in [2.05, 4.69) is 0 Å². The van der Waals surface area contributed by atoms with Gasteiger partial charge in [0.25, 0.3) is 0 Å². The van der Waals surface area contributed by atoms with Crippen molar-refractivity contribution in [2.24, 2.45) is 0 Å². The Hall–Kier alpha value is 2.45. The van der Waals surface area contributed by atoms with Crippen molar-refractivity contribution in [1.29, 1.82) is 5.26 Å². The van der Waals surface area contributed by atoms with Crippen LogP contribution >= 0.6 is 0 Å². The molecule has 0 atom stereocenters. The average Bonchev–Trinajstić information content (AvgIpc) is 1.27. The Balaban J connectivity index is -0.00000000840. The number of rotatable bonds is 0. The molecule has 11 heavy (non-hydrogen) atoms. The monoisotopic (exact) mass is 211 g/mol. The van der Waals surface area contributed by atoms with E-state index < -0.39 is 10.2 Å². The van der Waals surface area contributed by atoms with Crippen LogP contribution in [0.15, 0.2) is 0 Å². The number of nitrogens with zero attached hydrogens (tertiary/aromatic N) is 1. The first-order chi connectivity index (χ1) is 3.41. The van der Waals surface area contributed by atoms with E-state index in [9.17, 15) is 0 Å². The summed E-state index contributed by atoms with van der Waals surface area (Å²) in [5.41, 5.74) is 0. The largest absolute Gasteiger partial charge is 2.00 e. The van der Waals surface area contributed by atoms with E-state index in [0.29, 0.717) is 0 Å². The van der Waals surface area contributed by atoms with Gasteiger partial charge in [-0.25, -0.2) is 18.6 Å². The molecule has 0 rings (SSSR count). The molecule has 0 aliphatic carbocycles. The van der Waals surface area contributed by atoms with Crippen LogP contribution in [0.4, 0.5) is 0 Å². The Morgan fingerprint density at radius 2 is 1.18 bits per heavy atom. The second-order valence-electron chi connectivity index (χ2n) is 0.378. The molecule has 0 aliphatic heterocycles. The molecule has 0 N–H and O–H groups in total. The molecular formula is CH5BClMgNNa2O4. The predicted octanol–water partition coefficient (Wildman–Crippen LogP) is -12.1. The molecule has 0 saturated carbocycles. The third-order valence-electron chi connectivity index (χ3n) is 0. The van der Waals surface area contributed by atoms with E-state index in [4.69, 9.17) is 23.9 Å². The Kier molecular flexibility index (Phi) is 48.5. The summed E-state index contributed by atoms with van der Waals surface area (Å²) in [5.74, 6) is 2.00. The molecule has 0 aromatic carbocycles. The summed E-state index contributed by atoms with van der Waals surface area (Å²) in [6, 6.07) is 0. The molecule has 0 radical (unpaired) electrons. The molecule has 0 aromatic heterocycles. The van der Waals surface area contributed by atoms with Gasteiger partial charge in [-0.05, 0) is 0 Å². The molecule has 0 heterocycles. The van der Waals surface area contributed by atoms with Gasteiger partial charge in [0, 0.05) is 0 Å². The number of hydrogen-bond donors (Lipinski definition) is 0. The van der Waals surface area contributed by atoms with Gasteiger partial charge in [0.15, 0.2) is 0 Å². The molecule has 0 amide bonds. The van der Waals surface area contributed by atoms with E-state index in [1.54, 1.807) is 0 Å². The zero-order valence-corrected chi connectivity index (χ0v) is 11.8. The summed E-state index contributed by atoms with van der Waals surface area (Å²) < 4.78 is 34.0. The molecule has 0 aliphatic rings. The quantitative estimate of drug-likeness (QED) is 0.369. The third kappa shape index (κ3) is 226. The van der Waals surface area contributed by atoms with Crippen LogP contribution in [0.25, 0.3) is 0 Å². The first kappa shape index (κ1) is 29.2. The summed E-state index contributed by atoms with van der Waals surface area (Å²) in [6.07, 6.45) is 0. The average molecular weight is 212 g/mol. The summed E-state index contributed by atoms with van der Waals surface area (Å²) in [7, 11) is -4.88. The topological polar surface area (TPSA) is 116 Å². The number of halogens is 1. The number of nitriles is 1. The summed E-state index contributed by atoms with van der Waals surface area (Å²) in [6.45, 7) is 0. The van der Waals surface area contributed by atoms with E-state index in [0.717, 1.165) is 0 Å². The Morgan fingerprint density at radius 3 is 1.18 bits per heavy atom. The smallest absolute Gasteiger partial charge is 1.00 e. The minimum atomic E-state index is -4.94. The van der Waals surface area contributed by atoms with Crippen molar-refractivity contribution in [3.63, 3.8) is 0 Å². The molecule has 5 nitrogen and oxygen atoms in total. The minimum absolute atomic E-state index is 0. The van der Waals surface area contributed by atoms with Crippen molar-refractivity contribution in [3.05, 3.63) is 0 Å². The minimum Gasteiger partial charge on any atom is -1.00 e. The van der Waals surface area contributed by atoms with Crippen molar-refractivity contribution < 1.29 is 90.8 Å². The van der Waals surface area contributed by atoms with Gasteiger partial charge in [0.2, 0.25) is 0 Å². The van der Waals surface area contributed by atoms with Gasteiger partial charge in [-0.15, -0.1) is 10.2 Å². The molecule has 0 spiro atoms. The summed E-state index contributed by atoms with van der Waals surface area (Å²) in [5, 5.41) is 7.43. The van der Waals surface area contributed by atoms with Gasteiger partial charge in [0.05, 0.1) is 7.85 Å². The van der Waals surface area contributed by atoms with Crippen LogP contribution in [0.3, 0.4) is 0 Å². The van der Waals surface area contributed by atoms with Crippen molar-refractivity contribution >= 4 is 30.9 Å². The van der Waals surface area contributed by atoms with Crippen molar-refractivity contribution in [2.75, 3.05) is 0 Å². The Bertz CT molecular complexity index is 97.1. The van der Waals surface area contributed by atoms with Crippen LogP contribution in [-0.2, 0) is 0 Å². The maximum absolute atomic E-state index is 8.49. The van der Waals surface area contributed by atoms with Gasteiger partial charge in [0.1, 0.15) is 0 Å². The fourth-order valence-electron chi connectivity index (χ4n) is 0. The van der Waals surface area contributed by atoms with Gasteiger partial charge in [-0.3, -0.25) is 5.26 Å². The van der Waals surface area contributed by atoms with E-state index in [1.165, 1.54) is 0 Å². The van der Waals surface area contributed by atoms with Gasteiger partial charge in [-0.1, -0.05) is 0 Å². The van der Waals surface area contributed by atoms with Crippen LogP contribution < -0.4 is 77.8 Å². The fraction of sp³-hybridized carbons (Fsp3) is 0. The maximum Gasteiger partial charge on any atom is 2.00 e. The van der Waals surface area contributed by atoms with E-state index in [-0.39, 0.29) is 92.9 Å². The van der Waals surface area contributed by atoms with Crippen LogP contribution in [0.5, 0.6) is 0 Å². The van der Waals surface area contributed by atoms with Crippen LogP contribution in [-0.4, -0.2) is 30.9 Å². The van der Waals surface area contributed by atoms with E-state index in [1.807, 2.05) is 5.97 Å². The normalized spacial score (nSPS) is 6.18. The fourth-order valence-corrected chi connectivity index (χ4v) is 0. The third-order valence-corrected chi connectivity index (χ3v) is 0. The van der Waals surface area contributed by atoms with Crippen LogP contribution in [0.1, 0.15) is 2.85 Å². The molecular weight excluding hydrogens is 207 g/mol. The second kappa shape index (κ2) is 18.3. The van der Waals surface area contributed by atoms with Gasteiger partial charge < -0.3 is 2.85 Å². The zero-order valence-electron chi connectivity index (χ0n) is 7.67. The summed E-state index contributed by atoms with van der Waals surface area (Å²) in [4.78, 5) is 0. The molecule has 10 heteroatoms. The van der Waals surface area contributed by atoms with Crippen molar-refractivity contribution in [1.82, 2.24) is 0 Å². The number of hydrogen-bond acceptors (Lipinski definition) is 5. The standard InChI is InChI=1S/CH3BN.ClHO4.Mg.2Na.2H/c2-1-3;2-1(3,4)5;;;;;/h2H3;(H,2,3,4,5);;;;;/q-1;;+2;2*+1;2*-1/p-1. The van der Waals surface area contributed by atoms with Crippen LogP contribution in [0.2, 0.25) is 0 Å². The van der Waals surface area contributed by atoms with Crippen LogP contribution in [0, 0.1) is 21.5 Å². The molecule has 0 aromatic rings. The van der Waals surface area contributed by atoms with Crippen molar-refractivity contribution in [2.45, 2.75) is 0 Å². The van der Waals surface area contributed by atoms with Gasteiger partial charge in [-0.2, -0.15) is 5.97 Å². The molecule has 0 bridgehead atoms. The van der Waals surface area contributed by atoms with Gasteiger partial charge >= 0.3 is 82.2 Å². The molecule has 0 fully saturated rings. The Morgan fingerprint density at radius 1 is 1.18 bits per heavy atom. The second-order valence-corrected chi connectivity index (χ2v) is 1.13. The van der Waals surface area contributed by atoms with Crippen molar-refractivity contribution in [3.8, 4) is 5.97 Å². The zero-order chi connectivity index (χ0) is 7.21. The first-order valence-corrected chi connectivity index (χ1v) is 2.08. The molecule has 0 unspecified atom stereocenters.